The molecular weight excluding hydrogens is 262 g/mol. The molecule has 0 spiro atoms. The third-order valence-electron chi connectivity index (χ3n) is 3.38. The van der Waals surface area contributed by atoms with E-state index in [-0.39, 0.29) is 17.6 Å². The molecule has 0 radical (unpaired) electrons. The summed E-state index contributed by atoms with van der Waals surface area (Å²) in [7, 11) is 0. The molecular formula is C14H12ClN3O. The molecule has 5 heteroatoms. The predicted octanol–water partition coefficient (Wildman–Crippen LogP) is 2.62. The molecule has 2 aromatic rings. The quantitative estimate of drug-likeness (QED) is 0.867. The van der Waals surface area contributed by atoms with Crippen molar-refractivity contribution in [3.05, 3.63) is 52.3 Å². The molecule has 1 unspecified atom stereocenters. The van der Waals surface area contributed by atoms with Gasteiger partial charge in [-0.1, -0.05) is 23.7 Å². The van der Waals surface area contributed by atoms with E-state index in [0.29, 0.717) is 23.4 Å². The second-order valence-electron chi connectivity index (χ2n) is 4.67. The first-order chi connectivity index (χ1) is 9.13. The molecule has 0 saturated carbocycles. The molecule has 96 valence electrons. The van der Waals surface area contributed by atoms with Gasteiger partial charge in [-0.15, -0.1) is 0 Å². The van der Waals surface area contributed by atoms with Crippen LogP contribution in [0.25, 0.3) is 0 Å². The normalized spacial score (nSPS) is 18.2. The Hall–Kier alpha value is -1.94. The number of Topliss-reactive ketones (excluding diaryl/α,β-unsaturated/α-hetero) is 1. The molecule has 1 aromatic carbocycles. The standard InChI is InChI=1S/C14H12ClN3O/c15-10-3-1-2-8(4-10)9-5-12-11(13(19)6-9)7-17-14(16)18-12/h1-4,7,9H,5-6H2,(H2,16,17,18). The van der Waals surface area contributed by atoms with Crippen LogP contribution in [0.5, 0.6) is 0 Å². The van der Waals surface area contributed by atoms with Crippen LogP contribution in [0.4, 0.5) is 5.95 Å². The van der Waals surface area contributed by atoms with Crippen LogP contribution in [0.3, 0.4) is 0 Å². The number of nitrogen functional groups attached to an aromatic ring is 1. The summed E-state index contributed by atoms with van der Waals surface area (Å²) in [5, 5.41) is 0.679. The van der Waals surface area contributed by atoms with Crippen molar-refractivity contribution in [2.45, 2.75) is 18.8 Å². The third-order valence-corrected chi connectivity index (χ3v) is 3.61. The van der Waals surface area contributed by atoms with Gasteiger partial charge in [0, 0.05) is 17.6 Å². The van der Waals surface area contributed by atoms with E-state index in [0.717, 1.165) is 11.3 Å². The molecule has 0 aliphatic heterocycles. The molecule has 0 amide bonds. The average molecular weight is 274 g/mol. The van der Waals surface area contributed by atoms with Crippen molar-refractivity contribution in [3.63, 3.8) is 0 Å². The van der Waals surface area contributed by atoms with E-state index < -0.39 is 0 Å². The number of benzene rings is 1. The van der Waals surface area contributed by atoms with Gasteiger partial charge >= 0.3 is 0 Å². The van der Waals surface area contributed by atoms with Crippen LogP contribution in [0, 0.1) is 0 Å². The number of nitrogens with two attached hydrogens (primary N) is 1. The van der Waals surface area contributed by atoms with Crippen LogP contribution in [-0.2, 0) is 6.42 Å². The monoisotopic (exact) mass is 273 g/mol. The van der Waals surface area contributed by atoms with E-state index in [2.05, 4.69) is 9.97 Å². The van der Waals surface area contributed by atoms with E-state index in [1.165, 1.54) is 6.20 Å². The zero-order valence-electron chi connectivity index (χ0n) is 10.1. The number of rotatable bonds is 1. The maximum atomic E-state index is 12.1. The Balaban J connectivity index is 1.98. The predicted molar refractivity (Wildman–Crippen MR) is 73.3 cm³/mol. The highest BCUT2D eigenvalue weighted by atomic mass is 35.5. The highest BCUT2D eigenvalue weighted by Crippen LogP contribution is 2.32. The van der Waals surface area contributed by atoms with Gasteiger partial charge in [0.05, 0.1) is 11.3 Å². The molecule has 4 nitrogen and oxygen atoms in total. The summed E-state index contributed by atoms with van der Waals surface area (Å²) in [5.41, 5.74) is 7.96. The van der Waals surface area contributed by atoms with E-state index in [4.69, 9.17) is 17.3 Å². The fourth-order valence-corrected chi connectivity index (χ4v) is 2.66. The maximum absolute atomic E-state index is 12.1. The number of aromatic nitrogens is 2. The largest absolute Gasteiger partial charge is 0.368 e. The van der Waals surface area contributed by atoms with Crippen molar-refractivity contribution in [1.82, 2.24) is 9.97 Å². The SMILES string of the molecule is Nc1ncc2c(n1)CC(c1cccc(Cl)c1)CC2=O. The summed E-state index contributed by atoms with van der Waals surface area (Å²) in [4.78, 5) is 20.2. The highest BCUT2D eigenvalue weighted by molar-refractivity contribution is 6.30. The lowest BCUT2D eigenvalue weighted by Gasteiger charge is -2.23. The maximum Gasteiger partial charge on any atom is 0.220 e. The first kappa shape index (κ1) is 12.1. The summed E-state index contributed by atoms with van der Waals surface area (Å²) in [6.07, 6.45) is 2.67. The number of fused-ring (bicyclic) bond motifs is 1. The Labute approximate surface area is 115 Å². The fraction of sp³-hybridized carbons (Fsp3) is 0.214. The van der Waals surface area contributed by atoms with E-state index in [9.17, 15) is 4.79 Å². The van der Waals surface area contributed by atoms with Crippen molar-refractivity contribution in [3.8, 4) is 0 Å². The van der Waals surface area contributed by atoms with Crippen LogP contribution >= 0.6 is 11.6 Å². The lowest BCUT2D eigenvalue weighted by atomic mass is 9.82. The zero-order chi connectivity index (χ0) is 13.4. The smallest absolute Gasteiger partial charge is 0.220 e. The third kappa shape index (κ3) is 2.31. The van der Waals surface area contributed by atoms with Gasteiger partial charge in [-0.25, -0.2) is 9.97 Å². The Morgan fingerprint density at radius 2 is 2.16 bits per heavy atom. The van der Waals surface area contributed by atoms with Crippen LogP contribution < -0.4 is 5.73 Å². The van der Waals surface area contributed by atoms with Gasteiger partial charge in [0.15, 0.2) is 5.78 Å². The molecule has 1 heterocycles. The second kappa shape index (κ2) is 4.63. The highest BCUT2D eigenvalue weighted by Gasteiger charge is 2.27. The molecule has 1 atom stereocenters. The first-order valence-electron chi connectivity index (χ1n) is 6.03. The van der Waals surface area contributed by atoms with Crippen molar-refractivity contribution < 1.29 is 4.79 Å². The van der Waals surface area contributed by atoms with Crippen molar-refractivity contribution in [1.29, 1.82) is 0 Å². The number of anilines is 1. The molecule has 1 aliphatic rings. The number of hydrogen-bond donors (Lipinski definition) is 1. The summed E-state index contributed by atoms with van der Waals surface area (Å²) in [6.45, 7) is 0. The molecule has 0 fully saturated rings. The number of nitrogens with zero attached hydrogens (tertiary/aromatic N) is 2. The van der Waals surface area contributed by atoms with Crippen molar-refractivity contribution in [2.24, 2.45) is 0 Å². The van der Waals surface area contributed by atoms with Gasteiger partial charge in [0.2, 0.25) is 5.95 Å². The number of ketones is 1. The van der Waals surface area contributed by atoms with Crippen LogP contribution in [0.1, 0.15) is 34.0 Å². The van der Waals surface area contributed by atoms with Crippen molar-refractivity contribution >= 4 is 23.3 Å². The number of hydrogen-bond acceptors (Lipinski definition) is 4. The second-order valence-corrected chi connectivity index (χ2v) is 5.11. The van der Waals surface area contributed by atoms with Crippen LogP contribution in [-0.4, -0.2) is 15.8 Å². The minimum atomic E-state index is 0.0613. The number of carbonyl (C=O) groups excluding carboxylic acids is 1. The Morgan fingerprint density at radius 1 is 1.32 bits per heavy atom. The van der Waals surface area contributed by atoms with Crippen LogP contribution in [0.2, 0.25) is 5.02 Å². The summed E-state index contributed by atoms with van der Waals surface area (Å²) in [6, 6.07) is 7.60. The van der Waals surface area contributed by atoms with Gasteiger partial charge in [-0.3, -0.25) is 4.79 Å². The Bertz CT molecular complexity index is 657. The van der Waals surface area contributed by atoms with E-state index in [1.54, 1.807) is 0 Å². The van der Waals surface area contributed by atoms with Gasteiger partial charge in [0.1, 0.15) is 0 Å². The Kier molecular flexibility index (Phi) is 2.95. The zero-order valence-corrected chi connectivity index (χ0v) is 10.9. The molecule has 19 heavy (non-hydrogen) atoms. The summed E-state index contributed by atoms with van der Waals surface area (Å²) < 4.78 is 0. The number of carbonyl (C=O) groups is 1. The van der Waals surface area contributed by atoms with Gasteiger partial charge in [-0.2, -0.15) is 0 Å². The summed E-state index contributed by atoms with van der Waals surface area (Å²) in [5.74, 6) is 0.373. The Morgan fingerprint density at radius 3 is 2.95 bits per heavy atom. The van der Waals surface area contributed by atoms with Gasteiger partial charge in [-0.05, 0) is 30.0 Å². The lowest BCUT2D eigenvalue weighted by molar-refractivity contribution is 0.0963. The van der Waals surface area contributed by atoms with E-state index in [1.807, 2.05) is 24.3 Å². The topological polar surface area (TPSA) is 68.9 Å². The minimum absolute atomic E-state index is 0.0613. The minimum Gasteiger partial charge on any atom is -0.368 e. The average Bonchev–Trinajstić information content (AvgIpc) is 2.38. The lowest BCUT2D eigenvalue weighted by Crippen LogP contribution is -2.21. The molecule has 1 aliphatic carbocycles. The molecule has 2 N–H and O–H groups in total. The fourth-order valence-electron chi connectivity index (χ4n) is 2.46. The van der Waals surface area contributed by atoms with Crippen molar-refractivity contribution in [2.75, 3.05) is 5.73 Å². The van der Waals surface area contributed by atoms with Gasteiger partial charge in [0.25, 0.3) is 0 Å². The molecule has 1 aromatic heterocycles. The molecule has 0 bridgehead atoms. The first-order valence-corrected chi connectivity index (χ1v) is 6.41. The molecule has 3 rings (SSSR count). The molecule has 0 saturated heterocycles. The van der Waals surface area contributed by atoms with E-state index >= 15 is 0 Å². The van der Waals surface area contributed by atoms with Crippen LogP contribution in [0.15, 0.2) is 30.5 Å². The summed E-state index contributed by atoms with van der Waals surface area (Å²) >= 11 is 6.00. The number of halogens is 1. The van der Waals surface area contributed by atoms with Gasteiger partial charge < -0.3 is 5.73 Å².